The van der Waals surface area contributed by atoms with E-state index >= 15 is 0 Å². The number of amides is 2. The van der Waals surface area contributed by atoms with Crippen LogP contribution >= 0.6 is 11.3 Å². The molecule has 2 saturated heterocycles. The molecule has 0 aliphatic carbocycles. The maximum Gasteiger partial charge on any atom is 0.415 e. The average Bonchev–Trinajstić information content (AvgIpc) is 3.67. The first-order valence-electron chi connectivity index (χ1n) is 15.1. The summed E-state index contributed by atoms with van der Waals surface area (Å²) in [6, 6.07) is 20.1. The van der Waals surface area contributed by atoms with E-state index < -0.39 is 0 Å². The van der Waals surface area contributed by atoms with E-state index in [1.54, 1.807) is 9.80 Å². The van der Waals surface area contributed by atoms with E-state index in [0.29, 0.717) is 38.1 Å². The van der Waals surface area contributed by atoms with Crippen LogP contribution in [0.2, 0.25) is 0 Å². The molecule has 2 fully saturated rings. The molecule has 1 N–H and O–H groups in total. The number of aromatic nitrogens is 2. The minimum Gasteiger partial charge on any atom is -0.447 e. The number of benzene rings is 2. The first-order valence-corrected chi connectivity index (χ1v) is 16.0. The molecule has 44 heavy (non-hydrogen) atoms. The maximum absolute atomic E-state index is 12.7. The highest BCUT2D eigenvalue weighted by Crippen LogP contribution is 2.35. The number of carbonyl (C=O) groups excluding carboxylic acids is 2. The van der Waals surface area contributed by atoms with Gasteiger partial charge in [-0.3, -0.25) is 9.80 Å². The quantitative estimate of drug-likeness (QED) is 0.235. The van der Waals surface area contributed by atoms with Crippen molar-refractivity contribution in [3.8, 4) is 0 Å². The summed E-state index contributed by atoms with van der Waals surface area (Å²) >= 11 is 1.53. The molecule has 2 atom stereocenters. The Hall–Kier alpha value is -4.22. The summed E-state index contributed by atoms with van der Waals surface area (Å²) < 4.78 is 11.8. The van der Waals surface area contributed by atoms with Crippen molar-refractivity contribution in [3.05, 3.63) is 82.7 Å². The number of thiophene rings is 1. The van der Waals surface area contributed by atoms with Gasteiger partial charge in [-0.1, -0.05) is 68.4 Å². The van der Waals surface area contributed by atoms with Gasteiger partial charge in [0, 0.05) is 32.7 Å². The van der Waals surface area contributed by atoms with Gasteiger partial charge in [0.1, 0.15) is 13.2 Å². The van der Waals surface area contributed by atoms with Gasteiger partial charge in [-0.2, -0.15) is 4.98 Å². The molecule has 2 aromatic heterocycles. The first-order chi connectivity index (χ1) is 21.4. The number of cyclic esters (lactones) is 1. The van der Waals surface area contributed by atoms with Crippen LogP contribution in [0.1, 0.15) is 43.5 Å². The van der Waals surface area contributed by atoms with Crippen molar-refractivity contribution in [2.24, 2.45) is 5.92 Å². The van der Waals surface area contributed by atoms with E-state index in [-0.39, 0.29) is 30.2 Å². The second-order valence-electron chi connectivity index (χ2n) is 11.7. The third-order valence-electron chi connectivity index (χ3n) is 8.26. The molecule has 2 amide bonds. The van der Waals surface area contributed by atoms with Crippen LogP contribution in [0.25, 0.3) is 10.2 Å². The molecule has 2 aliphatic rings. The summed E-state index contributed by atoms with van der Waals surface area (Å²) in [5.74, 6) is 1.30. The summed E-state index contributed by atoms with van der Waals surface area (Å²) in [4.78, 5) is 40.6. The van der Waals surface area contributed by atoms with E-state index in [1.807, 2.05) is 41.8 Å². The van der Waals surface area contributed by atoms with Gasteiger partial charge in [0.25, 0.3) is 0 Å². The molecule has 0 saturated carbocycles. The molecule has 4 aromatic rings. The molecule has 2 aromatic carbocycles. The SMILES string of the molecule is CC(C)C1COC(=O)N1c1nc(N[C@@H](C)c2ccc(CN3CCN(C(=O)OCc4ccccc4)CC3)cc2)nc2ccsc12. The van der Waals surface area contributed by atoms with Gasteiger partial charge < -0.3 is 19.7 Å². The van der Waals surface area contributed by atoms with Crippen molar-refractivity contribution >= 4 is 45.5 Å². The fourth-order valence-electron chi connectivity index (χ4n) is 5.59. The van der Waals surface area contributed by atoms with Gasteiger partial charge in [-0.15, -0.1) is 11.3 Å². The zero-order valence-electron chi connectivity index (χ0n) is 25.3. The number of piperazine rings is 1. The van der Waals surface area contributed by atoms with Crippen LogP contribution in [0.5, 0.6) is 0 Å². The average molecular weight is 615 g/mol. The number of ether oxygens (including phenoxy) is 2. The number of nitrogens with one attached hydrogen (secondary N) is 1. The molecular weight excluding hydrogens is 576 g/mol. The molecule has 0 radical (unpaired) electrons. The highest BCUT2D eigenvalue weighted by Gasteiger charge is 2.38. The molecule has 6 rings (SSSR count). The largest absolute Gasteiger partial charge is 0.447 e. The monoisotopic (exact) mass is 614 g/mol. The van der Waals surface area contributed by atoms with Gasteiger partial charge in [0.15, 0.2) is 5.82 Å². The van der Waals surface area contributed by atoms with Crippen LogP contribution in [0.3, 0.4) is 0 Å². The Bertz CT molecular complexity index is 1590. The number of fused-ring (bicyclic) bond motifs is 1. The van der Waals surface area contributed by atoms with Crippen molar-refractivity contribution < 1.29 is 19.1 Å². The Kier molecular flexibility index (Phi) is 8.94. The zero-order valence-corrected chi connectivity index (χ0v) is 26.1. The molecule has 1 unspecified atom stereocenters. The van der Waals surface area contributed by atoms with Gasteiger partial charge in [0.2, 0.25) is 5.95 Å². The summed E-state index contributed by atoms with van der Waals surface area (Å²) in [6.07, 6.45) is -0.621. The van der Waals surface area contributed by atoms with Crippen LogP contribution in [0.4, 0.5) is 21.4 Å². The summed E-state index contributed by atoms with van der Waals surface area (Å²) in [7, 11) is 0. The van der Waals surface area contributed by atoms with E-state index in [0.717, 1.165) is 41.0 Å². The Balaban J connectivity index is 1.04. The molecule has 0 spiro atoms. The normalized spacial score (nSPS) is 18.1. The van der Waals surface area contributed by atoms with Crippen LogP contribution in [-0.2, 0) is 22.6 Å². The lowest BCUT2D eigenvalue weighted by Gasteiger charge is -2.34. The topological polar surface area (TPSA) is 100 Å². The number of hydrogen-bond acceptors (Lipinski definition) is 9. The van der Waals surface area contributed by atoms with Crippen molar-refractivity contribution in [3.63, 3.8) is 0 Å². The van der Waals surface area contributed by atoms with Crippen LogP contribution < -0.4 is 10.2 Å². The highest BCUT2D eigenvalue weighted by atomic mass is 32.1. The lowest BCUT2D eigenvalue weighted by atomic mass is 10.0. The van der Waals surface area contributed by atoms with Gasteiger partial charge in [0.05, 0.1) is 22.3 Å². The number of anilines is 2. The Labute approximate surface area is 261 Å². The van der Waals surface area contributed by atoms with Gasteiger partial charge in [-0.05, 0) is 41.0 Å². The van der Waals surface area contributed by atoms with E-state index in [1.165, 1.54) is 16.9 Å². The molecule has 2 aliphatic heterocycles. The molecule has 11 heteroatoms. The second kappa shape index (κ2) is 13.2. The minimum atomic E-state index is -0.365. The van der Waals surface area contributed by atoms with Crippen molar-refractivity contribution in [2.75, 3.05) is 43.0 Å². The maximum atomic E-state index is 12.7. The van der Waals surface area contributed by atoms with Crippen LogP contribution in [-0.4, -0.2) is 70.8 Å². The van der Waals surface area contributed by atoms with Gasteiger partial charge >= 0.3 is 12.2 Å². The lowest BCUT2D eigenvalue weighted by Crippen LogP contribution is -2.48. The third kappa shape index (κ3) is 6.63. The van der Waals surface area contributed by atoms with Crippen LogP contribution in [0.15, 0.2) is 66.0 Å². The molecule has 4 heterocycles. The first kappa shape index (κ1) is 29.8. The molecular formula is C33H38N6O4S. The Morgan fingerprint density at radius 2 is 1.75 bits per heavy atom. The Morgan fingerprint density at radius 1 is 1.00 bits per heavy atom. The summed E-state index contributed by atoms with van der Waals surface area (Å²) in [5, 5.41) is 5.41. The number of hydrogen-bond donors (Lipinski definition) is 1. The van der Waals surface area contributed by atoms with E-state index in [2.05, 4.69) is 55.3 Å². The standard InChI is InChI=1S/C33H38N6O4S/c1-22(2)28-21-43-33(41)39(28)30-29-27(13-18-44-29)35-31(36-30)34-23(3)26-11-9-24(10-12-26)19-37-14-16-38(17-15-37)32(40)42-20-25-7-5-4-6-8-25/h4-13,18,22-23,28H,14-17,19-21H2,1-3H3,(H,34,35,36)/t23-,28?/m0/s1. The molecule has 10 nitrogen and oxygen atoms in total. The fraction of sp³-hybridized carbons (Fsp3) is 0.394. The number of nitrogens with zero attached hydrogens (tertiary/aromatic N) is 5. The fourth-order valence-corrected chi connectivity index (χ4v) is 6.41. The zero-order chi connectivity index (χ0) is 30.6. The second-order valence-corrected chi connectivity index (χ2v) is 12.6. The van der Waals surface area contributed by atoms with Crippen molar-refractivity contribution in [1.82, 2.24) is 19.8 Å². The molecule has 0 bridgehead atoms. The Morgan fingerprint density at radius 3 is 2.48 bits per heavy atom. The molecule has 230 valence electrons. The van der Waals surface area contributed by atoms with E-state index in [4.69, 9.17) is 19.4 Å². The highest BCUT2D eigenvalue weighted by molar-refractivity contribution is 7.17. The predicted octanol–water partition coefficient (Wildman–Crippen LogP) is 6.30. The summed E-state index contributed by atoms with van der Waals surface area (Å²) in [5.41, 5.74) is 4.11. The summed E-state index contributed by atoms with van der Waals surface area (Å²) in [6.45, 7) is 10.6. The van der Waals surface area contributed by atoms with E-state index in [9.17, 15) is 9.59 Å². The van der Waals surface area contributed by atoms with Crippen molar-refractivity contribution in [2.45, 2.75) is 46.0 Å². The third-order valence-corrected chi connectivity index (χ3v) is 9.16. The lowest BCUT2D eigenvalue weighted by molar-refractivity contribution is 0.0700. The van der Waals surface area contributed by atoms with Crippen molar-refractivity contribution in [1.29, 1.82) is 0 Å². The number of carbonyl (C=O) groups is 2. The van der Waals surface area contributed by atoms with Crippen LogP contribution in [0, 0.1) is 5.92 Å². The predicted molar refractivity (Wildman–Crippen MR) is 172 cm³/mol. The smallest absolute Gasteiger partial charge is 0.415 e. The van der Waals surface area contributed by atoms with Gasteiger partial charge in [-0.25, -0.2) is 14.6 Å². The number of rotatable bonds is 9. The minimum absolute atomic E-state index is 0.0511.